The second kappa shape index (κ2) is 5.13. The van der Waals surface area contributed by atoms with Gasteiger partial charge < -0.3 is 15.7 Å². The van der Waals surface area contributed by atoms with Gasteiger partial charge >= 0.3 is 0 Å². The Hall–Kier alpha value is -2.49. The number of nitrogen functional groups attached to an aromatic ring is 1. The standard InChI is InChI=1S/C17H18N2O2/c1-11-9-13(5-6-16(11)20)17(21)19-8-7-12-3-2-4-15(18)14(12)10-19/h2-6,9,20H,7-8,10,18H2,1H3. The number of nitrogens with zero attached hydrogens (tertiary/aromatic N) is 1. The van der Waals surface area contributed by atoms with Gasteiger partial charge in [0.15, 0.2) is 0 Å². The molecule has 3 N–H and O–H groups in total. The molecule has 0 saturated heterocycles. The summed E-state index contributed by atoms with van der Waals surface area (Å²) in [5.41, 5.74) is 10.3. The molecule has 1 aliphatic heterocycles. The first-order chi connectivity index (χ1) is 10.1. The molecule has 0 radical (unpaired) electrons. The van der Waals surface area contributed by atoms with Crippen molar-refractivity contribution in [2.75, 3.05) is 12.3 Å². The topological polar surface area (TPSA) is 66.6 Å². The summed E-state index contributed by atoms with van der Waals surface area (Å²) in [7, 11) is 0. The number of hydrogen-bond donors (Lipinski definition) is 2. The van der Waals surface area contributed by atoms with Crippen LogP contribution >= 0.6 is 0 Å². The second-order valence-electron chi connectivity index (χ2n) is 5.46. The summed E-state index contributed by atoms with van der Waals surface area (Å²) < 4.78 is 0. The number of nitrogens with two attached hydrogens (primary N) is 1. The third kappa shape index (κ3) is 2.44. The van der Waals surface area contributed by atoms with Crippen molar-refractivity contribution in [1.82, 2.24) is 4.90 Å². The molecular formula is C17H18N2O2. The molecule has 1 heterocycles. The van der Waals surface area contributed by atoms with Gasteiger partial charge in [-0.2, -0.15) is 0 Å². The monoisotopic (exact) mass is 282 g/mol. The highest BCUT2D eigenvalue weighted by molar-refractivity contribution is 5.94. The Balaban J connectivity index is 1.87. The molecule has 0 bridgehead atoms. The quantitative estimate of drug-likeness (QED) is 0.790. The first-order valence-corrected chi connectivity index (χ1v) is 7.01. The molecule has 4 heteroatoms. The maximum absolute atomic E-state index is 12.6. The average Bonchev–Trinajstić information content (AvgIpc) is 2.49. The molecule has 2 aromatic rings. The number of amides is 1. The Morgan fingerprint density at radius 1 is 1.29 bits per heavy atom. The van der Waals surface area contributed by atoms with Crippen molar-refractivity contribution in [2.24, 2.45) is 0 Å². The van der Waals surface area contributed by atoms with E-state index in [9.17, 15) is 9.90 Å². The van der Waals surface area contributed by atoms with E-state index < -0.39 is 0 Å². The van der Waals surface area contributed by atoms with Gasteiger partial charge in [-0.15, -0.1) is 0 Å². The smallest absolute Gasteiger partial charge is 0.254 e. The summed E-state index contributed by atoms with van der Waals surface area (Å²) >= 11 is 0. The molecule has 4 nitrogen and oxygen atoms in total. The zero-order chi connectivity index (χ0) is 15.0. The van der Waals surface area contributed by atoms with Crippen molar-refractivity contribution in [3.8, 4) is 5.75 Å². The van der Waals surface area contributed by atoms with Crippen LogP contribution in [0.4, 0.5) is 5.69 Å². The van der Waals surface area contributed by atoms with E-state index in [1.807, 2.05) is 17.0 Å². The van der Waals surface area contributed by atoms with Gasteiger partial charge in [-0.25, -0.2) is 0 Å². The van der Waals surface area contributed by atoms with Crippen molar-refractivity contribution in [2.45, 2.75) is 19.9 Å². The number of phenolic OH excluding ortho intramolecular Hbond substituents is 1. The summed E-state index contributed by atoms with van der Waals surface area (Å²) in [5.74, 6) is 0.187. The Labute approximate surface area is 123 Å². The highest BCUT2D eigenvalue weighted by atomic mass is 16.3. The molecule has 0 spiro atoms. The van der Waals surface area contributed by atoms with Crippen LogP contribution in [0.3, 0.4) is 0 Å². The first kappa shape index (κ1) is 13.5. The maximum Gasteiger partial charge on any atom is 0.254 e. The summed E-state index contributed by atoms with van der Waals surface area (Å²) in [5, 5.41) is 9.56. The summed E-state index contributed by atoms with van der Waals surface area (Å²) in [4.78, 5) is 14.4. The highest BCUT2D eigenvalue weighted by Crippen LogP contribution is 2.26. The highest BCUT2D eigenvalue weighted by Gasteiger charge is 2.23. The van der Waals surface area contributed by atoms with Crippen LogP contribution in [0.5, 0.6) is 5.75 Å². The van der Waals surface area contributed by atoms with Crippen molar-refractivity contribution >= 4 is 11.6 Å². The predicted octanol–water partition coefficient (Wildman–Crippen LogP) is 2.48. The Kier molecular flexibility index (Phi) is 3.29. The van der Waals surface area contributed by atoms with Crippen molar-refractivity contribution in [1.29, 1.82) is 0 Å². The number of anilines is 1. The number of benzene rings is 2. The van der Waals surface area contributed by atoms with E-state index >= 15 is 0 Å². The zero-order valence-corrected chi connectivity index (χ0v) is 12.0. The van der Waals surface area contributed by atoms with Gasteiger partial charge in [0.2, 0.25) is 0 Å². The van der Waals surface area contributed by atoms with Crippen LogP contribution < -0.4 is 5.73 Å². The van der Waals surface area contributed by atoms with Gasteiger partial charge in [0.25, 0.3) is 5.91 Å². The molecule has 0 unspecified atom stereocenters. The molecule has 1 aliphatic rings. The maximum atomic E-state index is 12.6. The van der Waals surface area contributed by atoms with Gasteiger partial charge in [-0.05, 0) is 54.3 Å². The number of hydrogen-bond acceptors (Lipinski definition) is 3. The molecule has 3 rings (SSSR count). The normalized spacial score (nSPS) is 13.9. The van der Waals surface area contributed by atoms with Crippen LogP contribution in [-0.4, -0.2) is 22.5 Å². The molecule has 21 heavy (non-hydrogen) atoms. The lowest BCUT2D eigenvalue weighted by molar-refractivity contribution is 0.0735. The van der Waals surface area contributed by atoms with Crippen molar-refractivity contribution in [3.63, 3.8) is 0 Å². The van der Waals surface area contributed by atoms with Crippen LogP contribution in [0.25, 0.3) is 0 Å². The van der Waals surface area contributed by atoms with Crippen LogP contribution in [0.2, 0.25) is 0 Å². The number of aromatic hydroxyl groups is 1. The van der Waals surface area contributed by atoms with E-state index in [0.717, 1.165) is 17.7 Å². The number of fused-ring (bicyclic) bond motifs is 1. The van der Waals surface area contributed by atoms with Gasteiger partial charge in [0.05, 0.1) is 0 Å². The minimum atomic E-state index is -0.0213. The Morgan fingerprint density at radius 2 is 2.10 bits per heavy atom. The number of phenols is 1. The lowest BCUT2D eigenvalue weighted by Crippen LogP contribution is -2.36. The first-order valence-electron chi connectivity index (χ1n) is 7.01. The average molecular weight is 282 g/mol. The number of rotatable bonds is 1. The molecule has 2 aromatic carbocycles. The van der Waals surface area contributed by atoms with Crippen molar-refractivity contribution in [3.05, 3.63) is 58.7 Å². The molecule has 0 fully saturated rings. The van der Waals surface area contributed by atoms with E-state index in [2.05, 4.69) is 6.07 Å². The number of carbonyl (C=O) groups excluding carboxylic acids is 1. The van der Waals surface area contributed by atoms with E-state index in [1.165, 1.54) is 5.56 Å². The minimum absolute atomic E-state index is 0.0213. The fourth-order valence-corrected chi connectivity index (χ4v) is 2.75. The van der Waals surface area contributed by atoms with E-state index in [4.69, 9.17) is 5.73 Å². The van der Waals surface area contributed by atoms with Crippen LogP contribution in [-0.2, 0) is 13.0 Å². The Bertz CT molecular complexity index is 710. The lowest BCUT2D eigenvalue weighted by Gasteiger charge is -2.30. The molecule has 1 amide bonds. The van der Waals surface area contributed by atoms with Gasteiger partial charge in [0.1, 0.15) is 5.75 Å². The third-order valence-corrected chi connectivity index (χ3v) is 4.04. The largest absolute Gasteiger partial charge is 0.508 e. The number of carbonyl (C=O) groups is 1. The number of aryl methyl sites for hydroxylation is 1. The SMILES string of the molecule is Cc1cc(C(=O)N2CCc3cccc(N)c3C2)ccc1O. The molecular weight excluding hydrogens is 264 g/mol. The van der Waals surface area contributed by atoms with Crippen molar-refractivity contribution < 1.29 is 9.90 Å². The third-order valence-electron chi connectivity index (χ3n) is 4.04. The summed E-state index contributed by atoms with van der Waals surface area (Å²) in [6.45, 7) is 3.02. The fraction of sp³-hybridized carbons (Fsp3) is 0.235. The molecule has 0 atom stereocenters. The summed E-state index contributed by atoms with van der Waals surface area (Å²) in [6.07, 6.45) is 0.823. The molecule has 0 aliphatic carbocycles. The van der Waals surface area contributed by atoms with Crippen LogP contribution in [0, 0.1) is 6.92 Å². The van der Waals surface area contributed by atoms with Gasteiger partial charge in [-0.3, -0.25) is 4.79 Å². The predicted molar refractivity (Wildman–Crippen MR) is 82.1 cm³/mol. The summed E-state index contributed by atoms with van der Waals surface area (Å²) in [6, 6.07) is 10.8. The van der Waals surface area contributed by atoms with Crippen LogP contribution in [0.1, 0.15) is 27.0 Å². The molecule has 108 valence electrons. The van der Waals surface area contributed by atoms with E-state index in [0.29, 0.717) is 24.2 Å². The fourth-order valence-electron chi connectivity index (χ4n) is 2.75. The zero-order valence-electron chi connectivity index (χ0n) is 12.0. The van der Waals surface area contributed by atoms with Gasteiger partial charge in [-0.1, -0.05) is 12.1 Å². The molecule has 0 aromatic heterocycles. The Morgan fingerprint density at radius 3 is 2.86 bits per heavy atom. The molecule has 0 saturated carbocycles. The lowest BCUT2D eigenvalue weighted by atomic mass is 9.97. The second-order valence-corrected chi connectivity index (χ2v) is 5.46. The van der Waals surface area contributed by atoms with E-state index in [-0.39, 0.29) is 11.7 Å². The van der Waals surface area contributed by atoms with Crippen LogP contribution in [0.15, 0.2) is 36.4 Å². The van der Waals surface area contributed by atoms with E-state index in [1.54, 1.807) is 25.1 Å². The van der Waals surface area contributed by atoms with Gasteiger partial charge in [0, 0.05) is 24.3 Å². The minimum Gasteiger partial charge on any atom is -0.508 e.